The number of carbonyl (C=O) groups is 1. The molecular formula is C12H14BrNO4S. The molecule has 5 nitrogen and oxygen atoms in total. The van der Waals surface area contributed by atoms with Crippen molar-refractivity contribution in [2.24, 2.45) is 11.8 Å². The smallest absolute Gasteiger partial charge is 0.308 e. The summed E-state index contributed by atoms with van der Waals surface area (Å²) in [5, 5.41) is 9.06. The molecule has 1 saturated heterocycles. The van der Waals surface area contributed by atoms with E-state index in [0.29, 0.717) is 4.47 Å². The molecule has 0 spiro atoms. The van der Waals surface area contributed by atoms with E-state index in [1.165, 1.54) is 10.4 Å². The maximum absolute atomic E-state index is 12.5. The molecule has 2 atom stereocenters. The maximum Gasteiger partial charge on any atom is 0.308 e. The Bertz CT molecular complexity index is 602. The molecule has 1 fully saturated rings. The molecule has 1 aliphatic rings. The van der Waals surface area contributed by atoms with Gasteiger partial charge in [-0.2, -0.15) is 4.31 Å². The molecule has 2 rings (SSSR count). The predicted molar refractivity (Wildman–Crippen MR) is 73.2 cm³/mol. The second kappa shape index (κ2) is 5.22. The molecule has 0 aliphatic carbocycles. The molecular weight excluding hydrogens is 334 g/mol. The van der Waals surface area contributed by atoms with E-state index in [0.717, 1.165) is 0 Å². The first-order chi connectivity index (χ1) is 8.84. The van der Waals surface area contributed by atoms with E-state index in [9.17, 15) is 13.2 Å². The molecule has 0 radical (unpaired) electrons. The summed E-state index contributed by atoms with van der Waals surface area (Å²) >= 11 is 3.22. The summed E-state index contributed by atoms with van der Waals surface area (Å²) in [7, 11) is -3.65. The van der Waals surface area contributed by atoms with E-state index in [4.69, 9.17) is 5.11 Å². The van der Waals surface area contributed by atoms with Crippen LogP contribution in [-0.4, -0.2) is 36.9 Å². The number of carboxylic acids is 1. The highest BCUT2D eigenvalue weighted by Gasteiger charge is 2.41. The average Bonchev–Trinajstić information content (AvgIpc) is 2.72. The normalized spacial score (nSPS) is 24.5. The lowest BCUT2D eigenvalue weighted by molar-refractivity contribution is -0.142. The topological polar surface area (TPSA) is 74.7 Å². The van der Waals surface area contributed by atoms with Gasteiger partial charge in [0.15, 0.2) is 0 Å². The number of carboxylic acid groups (broad SMARTS) is 1. The molecule has 104 valence electrons. The van der Waals surface area contributed by atoms with Crippen molar-refractivity contribution in [2.45, 2.75) is 11.8 Å². The Balaban J connectivity index is 2.33. The maximum atomic E-state index is 12.5. The first kappa shape index (κ1) is 14.5. The van der Waals surface area contributed by atoms with Gasteiger partial charge in [0, 0.05) is 17.6 Å². The number of halogens is 1. The van der Waals surface area contributed by atoms with Gasteiger partial charge in [-0.3, -0.25) is 4.79 Å². The lowest BCUT2D eigenvalue weighted by Gasteiger charge is -2.16. The number of hydrogen-bond acceptors (Lipinski definition) is 3. The summed E-state index contributed by atoms with van der Waals surface area (Å²) in [6.45, 7) is 2.02. The van der Waals surface area contributed by atoms with Gasteiger partial charge >= 0.3 is 5.97 Å². The molecule has 7 heteroatoms. The highest BCUT2D eigenvalue weighted by Crippen LogP contribution is 2.31. The number of aliphatic carboxylic acids is 1. The quantitative estimate of drug-likeness (QED) is 0.904. The van der Waals surface area contributed by atoms with Crippen LogP contribution in [0.15, 0.2) is 33.6 Å². The Morgan fingerprint density at radius 2 is 2.00 bits per heavy atom. The molecule has 0 saturated carbocycles. The Morgan fingerprint density at radius 3 is 2.53 bits per heavy atom. The zero-order valence-electron chi connectivity index (χ0n) is 10.3. The van der Waals surface area contributed by atoms with Crippen LogP contribution in [0.3, 0.4) is 0 Å². The zero-order valence-corrected chi connectivity index (χ0v) is 12.7. The molecule has 1 aromatic carbocycles. The first-order valence-corrected chi connectivity index (χ1v) is 8.05. The second-order valence-corrected chi connectivity index (χ2v) is 7.44. The van der Waals surface area contributed by atoms with E-state index in [1.54, 1.807) is 25.1 Å². The van der Waals surface area contributed by atoms with E-state index in [-0.39, 0.29) is 23.9 Å². The van der Waals surface area contributed by atoms with Gasteiger partial charge in [0.05, 0.1) is 10.8 Å². The van der Waals surface area contributed by atoms with Crippen molar-refractivity contribution in [3.8, 4) is 0 Å². The van der Waals surface area contributed by atoms with E-state index in [2.05, 4.69) is 15.9 Å². The van der Waals surface area contributed by atoms with Gasteiger partial charge in [0.25, 0.3) is 0 Å². The fraction of sp³-hybridized carbons (Fsp3) is 0.417. The average molecular weight is 348 g/mol. The third-order valence-corrected chi connectivity index (χ3v) is 6.19. The van der Waals surface area contributed by atoms with Crippen LogP contribution < -0.4 is 0 Å². The van der Waals surface area contributed by atoms with Crippen LogP contribution in [0.1, 0.15) is 6.92 Å². The summed E-state index contributed by atoms with van der Waals surface area (Å²) in [6.07, 6.45) is 0. The summed E-state index contributed by atoms with van der Waals surface area (Å²) in [4.78, 5) is 11.2. The minimum absolute atomic E-state index is 0.0279. The van der Waals surface area contributed by atoms with Gasteiger partial charge in [0.1, 0.15) is 0 Å². The standard InChI is InChI=1S/C12H14BrNO4S/c1-8-6-14(7-9(8)12(15)16)19(17,18)11-5-3-2-4-10(11)13/h2-5,8-9H,6-7H2,1H3,(H,15,16). The molecule has 1 heterocycles. The SMILES string of the molecule is CC1CN(S(=O)(=O)c2ccccc2Br)CC1C(=O)O. The van der Waals surface area contributed by atoms with Crippen LogP contribution in [0.2, 0.25) is 0 Å². The third kappa shape index (κ3) is 2.68. The van der Waals surface area contributed by atoms with Crippen molar-refractivity contribution in [3.63, 3.8) is 0 Å². The van der Waals surface area contributed by atoms with E-state index in [1.807, 2.05) is 0 Å². The molecule has 1 aliphatic heterocycles. The molecule has 1 aromatic rings. The van der Waals surface area contributed by atoms with Gasteiger partial charge < -0.3 is 5.11 Å². The highest BCUT2D eigenvalue weighted by molar-refractivity contribution is 9.10. The Labute approximate surface area is 120 Å². The molecule has 0 amide bonds. The molecule has 1 N–H and O–H groups in total. The largest absolute Gasteiger partial charge is 0.481 e. The van der Waals surface area contributed by atoms with Gasteiger partial charge in [-0.25, -0.2) is 8.42 Å². The Kier molecular flexibility index (Phi) is 3.98. The minimum Gasteiger partial charge on any atom is -0.481 e. The van der Waals surface area contributed by atoms with Gasteiger partial charge in [-0.05, 0) is 34.0 Å². The number of nitrogens with zero attached hydrogens (tertiary/aromatic N) is 1. The van der Waals surface area contributed by atoms with Crippen LogP contribution in [0.5, 0.6) is 0 Å². The minimum atomic E-state index is -3.65. The Hall–Kier alpha value is -0.920. The fourth-order valence-electron chi connectivity index (χ4n) is 2.23. The predicted octanol–water partition coefficient (Wildman–Crippen LogP) is 1.79. The van der Waals surface area contributed by atoms with Gasteiger partial charge in [0.2, 0.25) is 10.0 Å². The van der Waals surface area contributed by atoms with Crippen molar-refractivity contribution >= 4 is 31.9 Å². The van der Waals surface area contributed by atoms with Crippen molar-refractivity contribution in [3.05, 3.63) is 28.7 Å². The second-order valence-electron chi connectivity index (χ2n) is 4.67. The highest BCUT2D eigenvalue weighted by atomic mass is 79.9. The van der Waals surface area contributed by atoms with Crippen molar-refractivity contribution in [1.82, 2.24) is 4.31 Å². The molecule has 0 aromatic heterocycles. The van der Waals surface area contributed by atoms with Gasteiger partial charge in [-0.1, -0.05) is 19.1 Å². The van der Waals surface area contributed by atoms with Crippen LogP contribution in [0.25, 0.3) is 0 Å². The number of benzene rings is 1. The van der Waals surface area contributed by atoms with Crippen LogP contribution in [0.4, 0.5) is 0 Å². The zero-order chi connectivity index (χ0) is 14.2. The lowest BCUT2D eigenvalue weighted by Crippen LogP contribution is -2.30. The van der Waals surface area contributed by atoms with Crippen molar-refractivity contribution in [1.29, 1.82) is 0 Å². The van der Waals surface area contributed by atoms with E-state index < -0.39 is 21.9 Å². The molecule has 19 heavy (non-hydrogen) atoms. The summed E-state index contributed by atoms with van der Waals surface area (Å²) in [5.41, 5.74) is 0. The lowest BCUT2D eigenvalue weighted by atomic mass is 9.99. The Morgan fingerprint density at radius 1 is 1.37 bits per heavy atom. The molecule has 2 unspecified atom stereocenters. The van der Waals surface area contributed by atoms with Crippen LogP contribution in [-0.2, 0) is 14.8 Å². The third-order valence-electron chi connectivity index (χ3n) is 3.35. The van der Waals surface area contributed by atoms with Crippen molar-refractivity contribution in [2.75, 3.05) is 13.1 Å². The first-order valence-electron chi connectivity index (χ1n) is 5.81. The summed E-state index contributed by atoms with van der Waals surface area (Å²) < 4.78 is 26.7. The summed E-state index contributed by atoms with van der Waals surface area (Å²) in [6, 6.07) is 6.54. The van der Waals surface area contributed by atoms with Gasteiger partial charge in [-0.15, -0.1) is 0 Å². The number of sulfonamides is 1. The van der Waals surface area contributed by atoms with Crippen molar-refractivity contribution < 1.29 is 18.3 Å². The number of hydrogen-bond donors (Lipinski definition) is 1. The molecule has 0 bridgehead atoms. The summed E-state index contributed by atoms with van der Waals surface area (Å²) in [5.74, 6) is -1.77. The monoisotopic (exact) mass is 347 g/mol. The number of rotatable bonds is 3. The fourth-order valence-corrected chi connectivity index (χ4v) is 4.76. The van der Waals surface area contributed by atoms with Crippen LogP contribution in [0, 0.1) is 11.8 Å². The van der Waals surface area contributed by atoms with Crippen LogP contribution >= 0.6 is 15.9 Å². The van der Waals surface area contributed by atoms with E-state index >= 15 is 0 Å².